The zero-order chi connectivity index (χ0) is 14.3. The van der Waals surface area contributed by atoms with E-state index in [1.807, 2.05) is 24.6 Å². The predicted molar refractivity (Wildman–Crippen MR) is 73.8 cm³/mol. The van der Waals surface area contributed by atoms with Crippen LogP contribution in [0.4, 0.5) is 0 Å². The van der Waals surface area contributed by atoms with Gasteiger partial charge in [-0.05, 0) is 26.3 Å². The van der Waals surface area contributed by atoms with Gasteiger partial charge >= 0.3 is 0 Å². The molecule has 0 aliphatic carbocycles. The van der Waals surface area contributed by atoms with E-state index in [2.05, 4.69) is 10.4 Å². The Morgan fingerprint density at radius 1 is 1.58 bits per heavy atom. The lowest BCUT2D eigenvalue weighted by Crippen LogP contribution is -2.33. The fraction of sp³-hybridized carbons (Fsp3) is 0.692. The van der Waals surface area contributed by atoms with Gasteiger partial charge in [-0.3, -0.25) is 9.48 Å². The number of ether oxygens (including phenoxy) is 1. The van der Waals surface area contributed by atoms with Gasteiger partial charge in [-0.1, -0.05) is 0 Å². The lowest BCUT2D eigenvalue weighted by molar-refractivity contribution is -0.123. The third-order valence-corrected chi connectivity index (χ3v) is 2.98. The minimum Gasteiger partial charge on any atom is -0.380 e. The van der Waals surface area contributed by atoms with Crippen LogP contribution in [0.2, 0.25) is 0 Å². The Balaban J connectivity index is 2.20. The second-order valence-electron chi connectivity index (χ2n) is 4.65. The van der Waals surface area contributed by atoms with Gasteiger partial charge in [0.25, 0.3) is 0 Å². The van der Waals surface area contributed by atoms with Gasteiger partial charge in [-0.25, -0.2) is 0 Å². The van der Waals surface area contributed by atoms with Crippen LogP contribution in [-0.2, 0) is 16.1 Å². The first-order valence-electron chi connectivity index (χ1n) is 6.57. The summed E-state index contributed by atoms with van der Waals surface area (Å²) in [4.78, 5) is 11.6. The van der Waals surface area contributed by atoms with E-state index in [0.29, 0.717) is 19.5 Å². The van der Waals surface area contributed by atoms with Gasteiger partial charge in [0.1, 0.15) is 0 Å². The molecule has 0 aliphatic rings. The van der Waals surface area contributed by atoms with Gasteiger partial charge in [0, 0.05) is 32.4 Å². The first-order chi connectivity index (χ1) is 9.06. The van der Waals surface area contributed by atoms with Gasteiger partial charge in [-0.2, -0.15) is 5.10 Å². The average molecular weight is 268 g/mol. The van der Waals surface area contributed by atoms with E-state index >= 15 is 0 Å². The molecule has 0 aromatic carbocycles. The van der Waals surface area contributed by atoms with E-state index < -0.39 is 0 Å². The number of aromatic nitrogens is 2. The summed E-state index contributed by atoms with van der Waals surface area (Å²) in [6.07, 6.45) is 0.969. The Morgan fingerprint density at radius 2 is 2.32 bits per heavy atom. The lowest BCUT2D eigenvalue weighted by Gasteiger charge is -2.12. The largest absolute Gasteiger partial charge is 0.380 e. The van der Waals surface area contributed by atoms with Crippen molar-refractivity contribution in [2.75, 3.05) is 20.2 Å². The molecule has 19 heavy (non-hydrogen) atoms. The number of nitrogens with two attached hydrogens (primary N) is 1. The molecule has 6 heteroatoms. The molecular weight excluding hydrogens is 244 g/mol. The maximum absolute atomic E-state index is 11.6. The van der Waals surface area contributed by atoms with Crippen molar-refractivity contribution in [3.05, 3.63) is 17.5 Å². The molecule has 1 heterocycles. The van der Waals surface area contributed by atoms with Crippen LogP contribution in [0.15, 0.2) is 6.07 Å². The summed E-state index contributed by atoms with van der Waals surface area (Å²) in [5.74, 6) is -0.0225. The normalized spacial score (nSPS) is 12.4. The van der Waals surface area contributed by atoms with Crippen molar-refractivity contribution in [1.29, 1.82) is 0 Å². The van der Waals surface area contributed by atoms with Crippen molar-refractivity contribution >= 4 is 5.91 Å². The molecule has 3 N–H and O–H groups in total. The first kappa shape index (κ1) is 15.7. The zero-order valence-electron chi connectivity index (χ0n) is 12.0. The Hall–Kier alpha value is -1.40. The number of aryl methyl sites for hydroxylation is 3. The number of amides is 1. The second kappa shape index (κ2) is 7.91. The van der Waals surface area contributed by atoms with Crippen LogP contribution in [0.25, 0.3) is 0 Å². The number of methoxy groups -OCH3 is 1. The van der Waals surface area contributed by atoms with E-state index in [4.69, 9.17) is 10.5 Å². The standard InChI is InChI=1S/C13H24N4O2/c1-10-7-11(2)17(16-10)6-4-5-15-13(18)8-12(9-14)19-3/h7,12H,4-6,8-9,14H2,1-3H3,(H,15,18). The molecule has 1 aromatic heterocycles. The molecule has 108 valence electrons. The van der Waals surface area contributed by atoms with Crippen LogP contribution in [0, 0.1) is 13.8 Å². The second-order valence-corrected chi connectivity index (χ2v) is 4.65. The molecular formula is C13H24N4O2. The third kappa shape index (κ3) is 5.40. The molecule has 0 fully saturated rings. The predicted octanol–water partition coefficient (Wildman–Crippen LogP) is 0.370. The Bertz CT molecular complexity index is 399. The summed E-state index contributed by atoms with van der Waals surface area (Å²) in [7, 11) is 1.56. The highest BCUT2D eigenvalue weighted by Crippen LogP contribution is 2.02. The molecule has 0 spiro atoms. The van der Waals surface area contributed by atoms with Crippen molar-refractivity contribution in [3.8, 4) is 0 Å². The SMILES string of the molecule is COC(CN)CC(=O)NCCCn1nc(C)cc1C. The van der Waals surface area contributed by atoms with Gasteiger partial charge < -0.3 is 15.8 Å². The number of carbonyl (C=O) groups excluding carboxylic acids is 1. The van der Waals surface area contributed by atoms with Crippen molar-refractivity contribution < 1.29 is 9.53 Å². The highest BCUT2D eigenvalue weighted by Gasteiger charge is 2.10. The fourth-order valence-electron chi connectivity index (χ4n) is 1.90. The maximum atomic E-state index is 11.6. The third-order valence-electron chi connectivity index (χ3n) is 2.98. The van der Waals surface area contributed by atoms with Gasteiger partial charge in [0.2, 0.25) is 5.91 Å². The molecule has 1 rings (SSSR count). The molecule has 0 saturated carbocycles. The van der Waals surface area contributed by atoms with Gasteiger partial charge in [-0.15, -0.1) is 0 Å². The number of nitrogens with one attached hydrogen (secondary N) is 1. The number of hydrogen-bond donors (Lipinski definition) is 2. The van der Waals surface area contributed by atoms with Crippen molar-refractivity contribution in [2.24, 2.45) is 5.73 Å². The number of carbonyl (C=O) groups is 1. The first-order valence-corrected chi connectivity index (χ1v) is 6.57. The summed E-state index contributed by atoms with van der Waals surface area (Å²) < 4.78 is 7.02. The number of hydrogen-bond acceptors (Lipinski definition) is 4. The molecule has 1 unspecified atom stereocenters. The average Bonchev–Trinajstić information content (AvgIpc) is 2.70. The van der Waals surface area contributed by atoms with E-state index in [9.17, 15) is 4.79 Å². The minimum atomic E-state index is -0.198. The summed E-state index contributed by atoms with van der Waals surface area (Å²) in [6.45, 7) is 5.81. The zero-order valence-corrected chi connectivity index (χ0v) is 12.0. The molecule has 0 bridgehead atoms. The van der Waals surface area contributed by atoms with Crippen LogP contribution < -0.4 is 11.1 Å². The quantitative estimate of drug-likeness (QED) is 0.667. The van der Waals surface area contributed by atoms with Crippen LogP contribution in [0.1, 0.15) is 24.2 Å². The number of rotatable bonds is 8. The van der Waals surface area contributed by atoms with Crippen LogP contribution in [0.3, 0.4) is 0 Å². The van der Waals surface area contributed by atoms with E-state index in [0.717, 1.165) is 24.4 Å². The van der Waals surface area contributed by atoms with Crippen molar-refractivity contribution in [1.82, 2.24) is 15.1 Å². The van der Waals surface area contributed by atoms with E-state index in [1.54, 1.807) is 7.11 Å². The lowest BCUT2D eigenvalue weighted by atomic mass is 10.2. The van der Waals surface area contributed by atoms with Gasteiger partial charge in [0.05, 0.1) is 18.2 Å². The summed E-state index contributed by atoms with van der Waals surface area (Å²) in [6, 6.07) is 2.04. The topological polar surface area (TPSA) is 82.2 Å². The van der Waals surface area contributed by atoms with Crippen molar-refractivity contribution in [3.63, 3.8) is 0 Å². The smallest absolute Gasteiger partial charge is 0.222 e. The summed E-state index contributed by atoms with van der Waals surface area (Å²) in [5, 5.41) is 7.23. The molecule has 1 aromatic rings. The maximum Gasteiger partial charge on any atom is 0.222 e. The van der Waals surface area contributed by atoms with E-state index in [1.165, 1.54) is 0 Å². The Labute approximate surface area is 114 Å². The molecule has 1 amide bonds. The van der Waals surface area contributed by atoms with Crippen LogP contribution in [-0.4, -0.2) is 42.0 Å². The van der Waals surface area contributed by atoms with Crippen LogP contribution in [0.5, 0.6) is 0 Å². The molecule has 6 nitrogen and oxygen atoms in total. The molecule has 1 atom stereocenters. The summed E-state index contributed by atoms with van der Waals surface area (Å²) in [5.41, 5.74) is 7.63. The Kier molecular flexibility index (Phi) is 6.52. The monoisotopic (exact) mass is 268 g/mol. The van der Waals surface area contributed by atoms with Gasteiger partial charge in [0.15, 0.2) is 0 Å². The highest BCUT2D eigenvalue weighted by molar-refractivity contribution is 5.76. The van der Waals surface area contributed by atoms with Crippen LogP contribution >= 0.6 is 0 Å². The minimum absolute atomic E-state index is 0.0225. The fourth-order valence-corrected chi connectivity index (χ4v) is 1.90. The number of nitrogens with zero attached hydrogens (tertiary/aromatic N) is 2. The molecule has 0 saturated heterocycles. The summed E-state index contributed by atoms with van der Waals surface area (Å²) >= 11 is 0. The van der Waals surface area contributed by atoms with E-state index in [-0.39, 0.29) is 12.0 Å². The molecule has 0 aliphatic heterocycles. The van der Waals surface area contributed by atoms with Crippen molar-refractivity contribution in [2.45, 2.75) is 39.3 Å². The Morgan fingerprint density at radius 3 is 2.84 bits per heavy atom. The molecule has 0 radical (unpaired) electrons. The highest BCUT2D eigenvalue weighted by atomic mass is 16.5.